The van der Waals surface area contributed by atoms with Crippen LogP contribution in [-0.4, -0.2) is 47.3 Å². The van der Waals surface area contributed by atoms with Crippen molar-refractivity contribution in [3.63, 3.8) is 0 Å². The number of hydrogen-bond acceptors (Lipinski definition) is 3. The number of likely N-dealkylation sites (tertiary alicyclic amines) is 1. The summed E-state index contributed by atoms with van der Waals surface area (Å²) in [5, 5.41) is 2.75. The Morgan fingerprint density at radius 1 is 1.14 bits per heavy atom. The highest BCUT2D eigenvalue weighted by molar-refractivity contribution is 6.09. The van der Waals surface area contributed by atoms with Gasteiger partial charge in [0, 0.05) is 13.1 Å². The molecule has 1 aliphatic carbocycles. The number of carbonyl (C=O) groups excluding carboxylic acids is 3. The molecule has 3 aliphatic rings. The molecular formula is C22H28FN3O3. The van der Waals surface area contributed by atoms with Crippen LogP contribution in [0.5, 0.6) is 0 Å². The van der Waals surface area contributed by atoms with Crippen molar-refractivity contribution in [2.75, 3.05) is 19.6 Å². The molecule has 1 aromatic rings. The molecular weight excluding hydrogens is 373 g/mol. The second kappa shape index (κ2) is 7.76. The molecule has 4 rings (SSSR count). The van der Waals surface area contributed by atoms with Crippen LogP contribution >= 0.6 is 0 Å². The summed E-state index contributed by atoms with van der Waals surface area (Å²) in [6.07, 6.45) is 6.22. The number of nitrogens with one attached hydrogen (secondary N) is 1. The second-order valence-corrected chi connectivity index (χ2v) is 8.52. The second-order valence-electron chi connectivity index (χ2n) is 8.52. The monoisotopic (exact) mass is 401 g/mol. The average molecular weight is 401 g/mol. The molecule has 1 N–H and O–H groups in total. The Morgan fingerprint density at radius 2 is 1.83 bits per heavy atom. The highest BCUT2D eigenvalue weighted by Gasteiger charge is 2.52. The molecule has 0 bridgehead atoms. The van der Waals surface area contributed by atoms with E-state index in [1.807, 2.05) is 4.90 Å². The van der Waals surface area contributed by atoms with Crippen LogP contribution in [0.2, 0.25) is 0 Å². The number of hydrogen-bond donors (Lipinski definition) is 1. The molecule has 3 atom stereocenters. The molecule has 7 heteroatoms. The van der Waals surface area contributed by atoms with E-state index in [2.05, 4.69) is 5.32 Å². The molecule has 0 spiro atoms. The first kappa shape index (κ1) is 19.9. The Morgan fingerprint density at radius 3 is 2.52 bits per heavy atom. The van der Waals surface area contributed by atoms with Gasteiger partial charge < -0.3 is 10.2 Å². The van der Waals surface area contributed by atoms with Gasteiger partial charge in [-0.2, -0.15) is 0 Å². The lowest BCUT2D eigenvalue weighted by Crippen LogP contribution is -2.49. The molecule has 0 radical (unpaired) electrons. The fourth-order valence-electron chi connectivity index (χ4n) is 5.21. The predicted octanol–water partition coefficient (Wildman–Crippen LogP) is 3.02. The number of urea groups is 1. The normalized spacial score (nSPS) is 29.6. The van der Waals surface area contributed by atoms with Crippen LogP contribution in [0, 0.1) is 17.7 Å². The number of fused-ring (bicyclic) bond motifs is 1. The number of benzene rings is 1. The fourth-order valence-corrected chi connectivity index (χ4v) is 5.21. The summed E-state index contributed by atoms with van der Waals surface area (Å²) in [5.74, 6) is 0.213. The van der Waals surface area contributed by atoms with Crippen LogP contribution < -0.4 is 5.32 Å². The first-order valence-corrected chi connectivity index (χ1v) is 10.6. The maximum Gasteiger partial charge on any atom is 0.325 e. The van der Waals surface area contributed by atoms with E-state index >= 15 is 0 Å². The molecule has 29 heavy (non-hydrogen) atoms. The van der Waals surface area contributed by atoms with Crippen LogP contribution in [-0.2, 0) is 15.1 Å². The van der Waals surface area contributed by atoms with Crippen LogP contribution in [0.15, 0.2) is 24.3 Å². The van der Waals surface area contributed by atoms with Crippen molar-refractivity contribution < 1.29 is 18.8 Å². The van der Waals surface area contributed by atoms with Crippen LogP contribution in [0.1, 0.15) is 51.0 Å². The third-order valence-corrected chi connectivity index (χ3v) is 6.98. The highest BCUT2D eigenvalue weighted by atomic mass is 19.1. The number of nitrogens with zero attached hydrogens (tertiary/aromatic N) is 2. The third kappa shape index (κ3) is 3.51. The zero-order valence-corrected chi connectivity index (χ0v) is 16.8. The average Bonchev–Trinajstić information content (AvgIpc) is 2.99. The summed E-state index contributed by atoms with van der Waals surface area (Å²) in [6, 6.07) is 5.00. The van der Waals surface area contributed by atoms with Crippen molar-refractivity contribution in [1.82, 2.24) is 15.1 Å². The zero-order chi connectivity index (χ0) is 20.6. The molecule has 0 unspecified atom stereocenters. The molecule has 1 aromatic carbocycles. The Balaban J connectivity index is 1.47. The number of halogens is 1. The van der Waals surface area contributed by atoms with Crippen LogP contribution in [0.25, 0.3) is 0 Å². The van der Waals surface area contributed by atoms with E-state index < -0.39 is 23.3 Å². The van der Waals surface area contributed by atoms with E-state index in [-0.39, 0.29) is 12.5 Å². The summed E-state index contributed by atoms with van der Waals surface area (Å²) >= 11 is 0. The Labute approximate surface area is 170 Å². The number of imide groups is 1. The Kier molecular flexibility index (Phi) is 5.32. The SMILES string of the molecule is CC[C@]1(c2ccc(F)cc2)NC(=O)N(CC(=O)N2CC[C@H]3CCCC[C@@H]3C2)C1=O. The molecule has 0 aromatic heterocycles. The van der Waals surface area contributed by atoms with Crippen LogP contribution in [0.4, 0.5) is 9.18 Å². The topological polar surface area (TPSA) is 69.7 Å². The molecule has 2 saturated heterocycles. The fraction of sp³-hybridized carbons (Fsp3) is 0.591. The van der Waals surface area contributed by atoms with E-state index in [4.69, 9.17) is 0 Å². The third-order valence-electron chi connectivity index (χ3n) is 6.98. The number of piperidine rings is 1. The van der Waals surface area contributed by atoms with Crippen LogP contribution in [0.3, 0.4) is 0 Å². The minimum atomic E-state index is -1.25. The maximum atomic E-state index is 13.3. The van der Waals surface area contributed by atoms with Gasteiger partial charge in [-0.25, -0.2) is 9.18 Å². The first-order chi connectivity index (χ1) is 13.9. The predicted molar refractivity (Wildman–Crippen MR) is 105 cm³/mol. The van der Waals surface area contributed by atoms with Gasteiger partial charge in [0.15, 0.2) is 0 Å². The van der Waals surface area contributed by atoms with Crippen molar-refractivity contribution in [3.8, 4) is 0 Å². The summed E-state index contributed by atoms with van der Waals surface area (Å²) in [5.41, 5.74) is -0.723. The molecule has 6 nitrogen and oxygen atoms in total. The maximum absolute atomic E-state index is 13.3. The smallest absolute Gasteiger partial charge is 0.325 e. The van der Waals surface area contributed by atoms with E-state index in [0.29, 0.717) is 30.4 Å². The molecule has 3 fully saturated rings. The van der Waals surface area contributed by atoms with Crippen molar-refractivity contribution >= 4 is 17.8 Å². The number of amides is 4. The molecule has 156 valence electrons. The van der Waals surface area contributed by atoms with Gasteiger partial charge >= 0.3 is 6.03 Å². The molecule has 2 heterocycles. The number of rotatable bonds is 4. The van der Waals surface area contributed by atoms with Crippen molar-refractivity contribution in [2.24, 2.45) is 11.8 Å². The van der Waals surface area contributed by atoms with Gasteiger partial charge in [-0.3, -0.25) is 14.5 Å². The summed E-state index contributed by atoms with van der Waals surface area (Å²) in [7, 11) is 0. The quantitative estimate of drug-likeness (QED) is 0.789. The molecule has 1 saturated carbocycles. The standard InChI is InChI=1S/C22H28FN3O3/c1-2-22(17-7-9-18(23)10-8-17)20(28)26(21(29)24-22)14-19(27)25-12-11-15-5-3-4-6-16(15)13-25/h7-10,15-16H,2-6,11-14H2,1H3,(H,24,29)/t15-,16-,22-/m1/s1. The molecule has 4 amide bonds. The van der Waals surface area contributed by atoms with E-state index in [0.717, 1.165) is 24.3 Å². The largest absolute Gasteiger partial charge is 0.341 e. The Hall–Kier alpha value is -2.44. The summed E-state index contributed by atoms with van der Waals surface area (Å²) in [4.78, 5) is 41.5. The summed E-state index contributed by atoms with van der Waals surface area (Å²) < 4.78 is 13.3. The lowest BCUT2D eigenvalue weighted by Gasteiger charge is -2.41. The Bertz CT molecular complexity index is 812. The highest BCUT2D eigenvalue weighted by Crippen LogP contribution is 2.36. The van der Waals surface area contributed by atoms with Gasteiger partial charge in [0.1, 0.15) is 17.9 Å². The minimum Gasteiger partial charge on any atom is -0.341 e. The van der Waals surface area contributed by atoms with Crippen molar-refractivity contribution in [1.29, 1.82) is 0 Å². The lowest BCUT2D eigenvalue weighted by molar-refractivity contribution is -0.141. The van der Waals surface area contributed by atoms with E-state index in [1.165, 1.54) is 43.5 Å². The lowest BCUT2D eigenvalue weighted by atomic mass is 9.75. The summed E-state index contributed by atoms with van der Waals surface area (Å²) in [6.45, 7) is 2.97. The van der Waals surface area contributed by atoms with E-state index in [1.54, 1.807) is 6.92 Å². The zero-order valence-electron chi connectivity index (χ0n) is 16.8. The van der Waals surface area contributed by atoms with Crippen molar-refractivity contribution in [3.05, 3.63) is 35.6 Å². The molecule has 2 aliphatic heterocycles. The van der Waals surface area contributed by atoms with Gasteiger partial charge in [-0.05, 0) is 48.8 Å². The first-order valence-electron chi connectivity index (χ1n) is 10.6. The number of carbonyl (C=O) groups is 3. The van der Waals surface area contributed by atoms with Gasteiger partial charge in [-0.15, -0.1) is 0 Å². The van der Waals surface area contributed by atoms with Crippen molar-refractivity contribution in [2.45, 2.75) is 51.0 Å². The van der Waals surface area contributed by atoms with Gasteiger partial charge in [0.05, 0.1) is 0 Å². The van der Waals surface area contributed by atoms with Gasteiger partial charge in [-0.1, -0.05) is 38.3 Å². The van der Waals surface area contributed by atoms with Gasteiger partial charge in [0.2, 0.25) is 5.91 Å². The van der Waals surface area contributed by atoms with E-state index in [9.17, 15) is 18.8 Å². The minimum absolute atomic E-state index is 0.177. The van der Waals surface area contributed by atoms with Gasteiger partial charge in [0.25, 0.3) is 5.91 Å².